The molecule has 134 valence electrons. The fraction of sp³-hybridized carbons (Fsp3) is 0.474. The van der Waals surface area contributed by atoms with Crippen molar-refractivity contribution >= 4 is 22.4 Å². The summed E-state index contributed by atoms with van der Waals surface area (Å²) in [5.41, 5.74) is 2.47. The number of rotatable bonds is 6. The largest absolute Gasteiger partial charge is 0.348 e. The number of anilines is 1. The van der Waals surface area contributed by atoms with E-state index in [0.29, 0.717) is 6.54 Å². The van der Waals surface area contributed by atoms with Crippen molar-refractivity contribution < 1.29 is 4.79 Å². The first-order valence-corrected chi connectivity index (χ1v) is 9.78. The van der Waals surface area contributed by atoms with Gasteiger partial charge < -0.3 is 10.2 Å². The van der Waals surface area contributed by atoms with Crippen LogP contribution in [0.15, 0.2) is 35.8 Å². The van der Waals surface area contributed by atoms with Crippen molar-refractivity contribution in [2.75, 3.05) is 37.6 Å². The molecule has 1 saturated heterocycles. The number of aryl methyl sites for hydroxylation is 1. The molecule has 1 N–H and O–H groups in total. The quantitative estimate of drug-likeness (QED) is 0.863. The van der Waals surface area contributed by atoms with Gasteiger partial charge in [0.1, 0.15) is 0 Å². The number of carbonyl (C=O) groups excluding carboxylic acids is 1. The van der Waals surface area contributed by atoms with Crippen molar-refractivity contribution in [3.8, 4) is 0 Å². The monoisotopic (exact) mass is 358 g/mol. The highest BCUT2D eigenvalue weighted by Crippen LogP contribution is 2.19. The minimum atomic E-state index is 0.0370. The van der Waals surface area contributed by atoms with Crippen LogP contribution in [0.25, 0.3) is 0 Å². The van der Waals surface area contributed by atoms with Crippen molar-refractivity contribution in [3.63, 3.8) is 0 Å². The van der Waals surface area contributed by atoms with E-state index in [1.807, 2.05) is 18.5 Å². The Morgan fingerprint density at radius 3 is 2.56 bits per heavy atom. The third-order valence-corrected chi connectivity index (χ3v) is 5.53. The van der Waals surface area contributed by atoms with Gasteiger partial charge in [-0.15, -0.1) is 11.3 Å². The van der Waals surface area contributed by atoms with Crippen molar-refractivity contribution in [3.05, 3.63) is 47.0 Å². The van der Waals surface area contributed by atoms with E-state index in [9.17, 15) is 4.79 Å². The van der Waals surface area contributed by atoms with Crippen LogP contribution in [0.1, 0.15) is 31.0 Å². The normalized spacial score (nSPS) is 16.6. The number of hydrogen-bond donors (Lipinski definition) is 1. The molecule has 1 atom stereocenters. The lowest BCUT2D eigenvalue weighted by atomic mass is 10.1. The number of amides is 1. The molecule has 5 nitrogen and oxygen atoms in total. The first-order valence-electron chi connectivity index (χ1n) is 8.90. The van der Waals surface area contributed by atoms with Gasteiger partial charge in [0.15, 0.2) is 5.13 Å². The highest BCUT2D eigenvalue weighted by Gasteiger charge is 2.21. The molecule has 0 bridgehead atoms. The third-order valence-electron chi connectivity index (χ3n) is 4.69. The molecule has 1 aromatic heterocycles. The summed E-state index contributed by atoms with van der Waals surface area (Å²) >= 11 is 1.67. The highest BCUT2D eigenvalue weighted by molar-refractivity contribution is 7.13. The molecule has 0 radical (unpaired) electrons. The van der Waals surface area contributed by atoms with Crippen molar-refractivity contribution in [1.29, 1.82) is 0 Å². The third kappa shape index (κ3) is 4.80. The summed E-state index contributed by atoms with van der Waals surface area (Å²) in [6, 6.07) is 8.52. The topological polar surface area (TPSA) is 48.5 Å². The number of thiazole rings is 1. The van der Waals surface area contributed by atoms with Crippen LogP contribution >= 0.6 is 11.3 Å². The number of nitrogens with zero attached hydrogens (tertiary/aromatic N) is 3. The number of aromatic nitrogens is 1. The molecule has 1 amide bonds. The predicted molar refractivity (Wildman–Crippen MR) is 103 cm³/mol. The molecule has 25 heavy (non-hydrogen) atoms. The summed E-state index contributed by atoms with van der Waals surface area (Å²) in [6.07, 6.45) is 2.88. The van der Waals surface area contributed by atoms with Crippen LogP contribution in [0.2, 0.25) is 0 Å². The van der Waals surface area contributed by atoms with Crippen LogP contribution in [-0.2, 0) is 11.2 Å². The van der Waals surface area contributed by atoms with E-state index in [2.05, 4.69) is 51.3 Å². The Kier molecular flexibility index (Phi) is 6.04. The van der Waals surface area contributed by atoms with E-state index in [1.165, 1.54) is 5.56 Å². The molecule has 1 unspecified atom stereocenters. The first-order chi connectivity index (χ1) is 12.2. The van der Waals surface area contributed by atoms with Crippen LogP contribution in [-0.4, -0.2) is 48.5 Å². The second-order valence-corrected chi connectivity index (χ2v) is 7.34. The van der Waals surface area contributed by atoms with Gasteiger partial charge in [-0.3, -0.25) is 9.69 Å². The summed E-state index contributed by atoms with van der Waals surface area (Å²) in [6.45, 7) is 8.29. The SMILES string of the molecule is CCc1ccc(C(C)NC(=O)CN2CCN(c3nccs3)CC2)cc1. The molecular weight excluding hydrogens is 332 g/mol. The van der Waals surface area contributed by atoms with Crippen molar-refractivity contribution in [2.24, 2.45) is 0 Å². The lowest BCUT2D eigenvalue weighted by Crippen LogP contribution is -2.49. The highest BCUT2D eigenvalue weighted by atomic mass is 32.1. The average molecular weight is 359 g/mol. The van der Waals surface area contributed by atoms with Gasteiger partial charge in [-0.2, -0.15) is 0 Å². The minimum absolute atomic E-state index is 0.0370. The molecule has 0 spiro atoms. The summed E-state index contributed by atoms with van der Waals surface area (Å²) in [4.78, 5) is 21.2. The molecule has 0 aliphatic carbocycles. The zero-order valence-electron chi connectivity index (χ0n) is 14.9. The van der Waals surface area contributed by atoms with E-state index in [0.717, 1.165) is 43.3 Å². The molecule has 1 aliphatic rings. The maximum absolute atomic E-state index is 12.4. The van der Waals surface area contributed by atoms with Gasteiger partial charge in [-0.1, -0.05) is 31.2 Å². The zero-order chi connectivity index (χ0) is 17.6. The van der Waals surface area contributed by atoms with Crippen LogP contribution < -0.4 is 10.2 Å². The smallest absolute Gasteiger partial charge is 0.234 e. The molecule has 2 heterocycles. The summed E-state index contributed by atoms with van der Waals surface area (Å²) in [5, 5.41) is 6.20. The second kappa shape index (κ2) is 8.45. The first kappa shape index (κ1) is 17.9. The standard InChI is InChI=1S/C19H26N4OS/c1-3-16-4-6-17(7-5-16)15(2)21-18(24)14-22-9-11-23(12-10-22)19-20-8-13-25-19/h4-8,13,15H,3,9-12,14H2,1-2H3,(H,21,24). The van der Waals surface area contributed by atoms with Gasteiger partial charge in [-0.25, -0.2) is 4.98 Å². The maximum Gasteiger partial charge on any atom is 0.234 e. The lowest BCUT2D eigenvalue weighted by molar-refractivity contribution is -0.123. The molecule has 3 rings (SSSR count). The lowest BCUT2D eigenvalue weighted by Gasteiger charge is -2.34. The van der Waals surface area contributed by atoms with Crippen molar-refractivity contribution in [2.45, 2.75) is 26.3 Å². The van der Waals surface area contributed by atoms with E-state index in [1.54, 1.807) is 11.3 Å². The molecule has 2 aromatic rings. The van der Waals surface area contributed by atoms with Crippen LogP contribution in [0.5, 0.6) is 0 Å². The number of nitrogens with one attached hydrogen (secondary N) is 1. The summed E-state index contributed by atoms with van der Waals surface area (Å²) < 4.78 is 0. The number of piperazine rings is 1. The maximum atomic E-state index is 12.4. The van der Waals surface area contributed by atoms with Gasteiger partial charge in [0.05, 0.1) is 12.6 Å². The second-order valence-electron chi connectivity index (χ2n) is 6.46. The van der Waals surface area contributed by atoms with Gasteiger partial charge in [0, 0.05) is 37.8 Å². The Hall–Kier alpha value is -1.92. The van der Waals surface area contributed by atoms with Gasteiger partial charge in [0.2, 0.25) is 5.91 Å². The molecule has 0 saturated carbocycles. The van der Waals surface area contributed by atoms with E-state index in [4.69, 9.17) is 0 Å². The summed E-state index contributed by atoms with van der Waals surface area (Å²) in [5.74, 6) is 0.0924. The summed E-state index contributed by atoms with van der Waals surface area (Å²) in [7, 11) is 0. The fourth-order valence-corrected chi connectivity index (χ4v) is 3.78. The Labute approximate surface area is 153 Å². The van der Waals surface area contributed by atoms with Crippen LogP contribution in [0.3, 0.4) is 0 Å². The van der Waals surface area contributed by atoms with Crippen molar-refractivity contribution in [1.82, 2.24) is 15.2 Å². The number of benzene rings is 1. The van der Waals surface area contributed by atoms with Gasteiger partial charge in [-0.05, 0) is 24.5 Å². The Bertz CT molecular complexity index is 663. The molecule has 1 aromatic carbocycles. The molecule has 1 aliphatic heterocycles. The minimum Gasteiger partial charge on any atom is -0.348 e. The molecule has 1 fully saturated rings. The molecular formula is C19H26N4OS. The van der Waals surface area contributed by atoms with Gasteiger partial charge >= 0.3 is 0 Å². The van der Waals surface area contributed by atoms with Crippen LogP contribution in [0, 0.1) is 0 Å². The Morgan fingerprint density at radius 1 is 1.24 bits per heavy atom. The number of hydrogen-bond acceptors (Lipinski definition) is 5. The Morgan fingerprint density at radius 2 is 1.96 bits per heavy atom. The fourth-order valence-electron chi connectivity index (χ4n) is 3.08. The Balaban J connectivity index is 1.44. The average Bonchev–Trinajstić information content (AvgIpc) is 3.17. The predicted octanol–water partition coefficient (Wildman–Crippen LogP) is 2.70. The van der Waals surface area contributed by atoms with E-state index < -0.39 is 0 Å². The van der Waals surface area contributed by atoms with Crippen LogP contribution in [0.4, 0.5) is 5.13 Å². The van der Waals surface area contributed by atoms with E-state index in [-0.39, 0.29) is 11.9 Å². The van der Waals surface area contributed by atoms with Gasteiger partial charge in [0.25, 0.3) is 0 Å². The molecule has 6 heteroatoms. The number of carbonyl (C=O) groups is 1. The zero-order valence-corrected chi connectivity index (χ0v) is 15.8. The van der Waals surface area contributed by atoms with E-state index >= 15 is 0 Å².